The molecule has 0 radical (unpaired) electrons. The molecule has 1 saturated heterocycles. The van der Waals surface area contributed by atoms with Crippen molar-refractivity contribution >= 4 is 21.6 Å². The molecule has 2 aromatic rings. The summed E-state index contributed by atoms with van der Waals surface area (Å²) in [5.74, 6) is 0.0656. The number of anilines is 1. The van der Waals surface area contributed by atoms with Gasteiger partial charge in [-0.15, -0.1) is 0 Å². The zero-order valence-corrected chi connectivity index (χ0v) is 18.7. The number of carbonyl (C=O) groups is 1. The molecule has 1 heterocycles. The molecule has 0 bridgehead atoms. The van der Waals surface area contributed by atoms with Crippen molar-refractivity contribution < 1.29 is 22.7 Å². The van der Waals surface area contributed by atoms with Crippen LogP contribution in [-0.2, 0) is 14.8 Å². The van der Waals surface area contributed by atoms with Crippen molar-refractivity contribution in [2.45, 2.75) is 6.92 Å². The molecule has 0 atom stereocenters. The molecule has 1 N–H and O–H groups in total. The maximum Gasteiger partial charge on any atom is 0.236 e. The van der Waals surface area contributed by atoms with Crippen LogP contribution in [0.3, 0.4) is 0 Å². The Balaban J connectivity index is 1.42. The van der Waals surface area contributed by atoms with E-state index >= 15 is 0 Å². The first-order chi connectivity index (χ1) is 14.9. The van der Waals surface area contributed by atoms with E-state index in [4.69, 9.17) is 9.47 Å². The van der Waals surface area contributed by atoms with Gasteiger partial charge < -0.3 is 19.7 Å². The number of methoxy groups -OCH3 is 1. The fourth-order valence-electron chi connectivity index (χ4n) is 3.45. The second kappa shape index (κ2) is 10.5. The summed E-state index contributed by atoms with van der Waals surface area (Å²) >= 11 is 0. The Morgan fingerprint density at radius 1 is 1.03 bits per heavy atom. The highest BCUT2D eigenvalue weighted by atomic mass is 32.2. The predicted octanol–water partition coefficient (Wildman–Crippen LogP) is 1.65. The van der Waals surface area contributed by atoms with Crippen molar-refractivity contribution in [2.24, 2.45) is 0 Å². The summed E-state index contributed by atoms with van der Waals surface area (Å²) in [5.41, 5.74) is 2.25. The molecule has 0 aromatic heterocycles. The van der Waals surface area contributed by atoms with Crippen molar-refractivity contribution in [2.75, 3.05) is 57.1 Å². The lowest BCUT2D eigenvalue weighted by Gasteiger charge is -2.35. The van der Waals surface area contributed by atoms with E-state index in [9.17, 15) is 13.2 Å². The van der Waals surface area contributed by atoms with Crippen molar-refractivity contribution in [3.63, 3.8) is 0 Å². The number of carbonyl (C=O) groups excluding carboxylic acids is 1. The number of sulfonamides is 1. The minimum absolute atomic E-state index is 0.202. The minimum Gasteiger partial charge on any atom is -0.493 e. The summed E-state index contributed by atoms with van der Waals surface area (Å²) in [7, 11) is -2.11. The monoisotopic (exact) mass is 447 g/mol. The summed E-state index contributed by atoms with van der Waals surface area (Å²) < 4.78 is 37.4. The third-order valence-electron chi connectivity index (χ3n) is 5.06. The number of benzene rings is 2. The standard InChI is InChI=1S/C22H29N3O5S/c1-18-6-5-7-19(16-18)24-11-13-25(14-12-24)31(27,28)17-22(26)23-10-15-30-21-9-4-3-8-20(21)29-2/h3-9,16H,10-15,17H2,1-2H3,(H,23,26). The first-order valence-corrected chi connectivity index (χ1v) is 11.8. The van der Waals surface area contributed by atoms with Gasteiger partial charge in [-0.25, -0.2) is 8.42 Å². The molecule has 0 saturated carbocycles. The molecule has 1 aliphatic heterocycles. The van der Waals surface area contributed by atoms with Crippen LogP contribution in [0.1, 0.15) is 5.56 Å². The molecule has 3 rings (SSSR count). The topological polar surface area (TPSA) is 88.2 Å². The van der Waals surface area contributed by atoms with Crippen molar-refractivity contribution in [1.29, 1.82) is 0 Å². The second-order valence-electron chi connectivity index (χ2n) is 7.33. The molecule has 0 spiro atoms. The normalized spacial score (nSPS) is 14.8. The number of hydrogen-bond acceptors (Lipinski definition) is 6. The van der Waals surface area contributed by atoms with Crippen LogP contribution in [0.15, 0.2) is 48.5 Å². The lowest BCUT2D eigenvalue weighted by molar-refractivity contribution is -0.118. The smallest absolute Gasteiger partial charge is 0.236 e. The van der Waals surface area contributed by atoms with Gasteiger partial charge in [0.15, 0.2) is 11.5 Å². The average molecular weight is 448 g/mol. The van der Waals surface area contributed by atoms with Crippen LogP contribution in [0.2, 0.25) is 0 Å². The van der Waals surface area contributed by atoms with Crippen LogP contribution in [0, 0.1) is 6.92 Å². The Morgan fingerprint density at radius 2 is 1.74 bits per heavy atom. The highest BCUT2D eigenvalue weighted by Crippen LogP contribution is 2.25. The van der Waals surface area contributed by atoms with Gasteiger partial charge in [-0.1, -0.05) is 24.3 Å². The van der Waals surface area contributed by atoms with E-state index in [0.717, 1.165) is 5.69 Å². The third-order valence-corrected chi connectivity index (χ3v) is 6.84. The maximum absolute atomic E-state index is 12.6. The number of nitrogens with one attached hydrogen (secondary N) is 1. The summed E-state index contributed by atoms with van der Waals surface area (Å²) in [6.45, 7) is 4.36. The number of rotatable bonds is 9. The van der Waals surface area contributed by atoms with Crippen LogP contribution in [0.25, 0.3) is 0 Å². The largest absolute Gasteiger partial charge is 0.493 e. The summed E-state index contributed by atoms with van der Waals surface area (Å²) in [5, 5.41) is 2.61. The van der Waals surface area contributed by atoms with Crippen molar-refractivity contribution in [1.82, 2.24) is 9.62 Å². The van der Waals surface area contributed by atoms with Gasteiger partial charge in [-0.3, -0.25) is 4.79 Å². The average Bonchev–Trinajstić information content (AvgIpc) is 2.77. The molecule has 1 amide bonds. The highest BCUT2D eigenvalue weighted by molar-refractivity contribution is 7.89. The molecular weight excluding hydrogens is 418 g/mol. The first-order valence-electron chi connectivity index (χ1n) is 10.2. The van der Waals surface area contributed by atoms with Crippen LogP contribution >= 0.6 is 0 Å². The van der Waals surface area contributed by atoms with E-state index < -0.39 is 21.7 Å². The van der Waals surface area contributed by atoms with Crippen LogP contribution < -0.4 is 19.7 Å². The quantitative estimate of drug-likeness (QED) is 0.588. The fourth-order valence-corrected chi connectivity index (χ4v) is 4.78. The maximum atomic E-state index is 12.6. The molecule has 1 aliphatic rings. The van der Waals surface area contributed by atoms with Gasteiger partial charge in [0.05, 0.1) is 13.7 Å². The van der Waals surface area contributed by atoms with Gasteiger partial charge >= 0.3 is 0 Å². The molecular formula is C22H29N3O5S. The molecule has 8 nitrogen and oxygen atoms in total. The summed E-state index contributed by atoms with van der Waals surface area (Å²) in [4.78, 5) is 14.3. The van der Waals surface area contributed by atoms with Gasteiger partial charge in [0.2, 0.25) is 15.9 Å². The Bertz CT molecular complexity index is 988. The number of ether oxygens (including phenoxy) is 2. The van der Waals surface area contributed by atoms with E-state index in [1.807, 2.05) is 37.3 Å². The van der Waals surface area contributed by atoms with Crippen LogP contribution in [0.5, 0.6) is 11.5 Å². The molecule has 9 heteroatoms. The number of amides is 1. The van der Waals surface area contributed by atoms with E-state index in [1.54, 1.807) is 19.2 Å². The van der Waals surface area contributed by atoms with Gasteiger partial charge in [-0.2, -0.15) is 4.31 Å². The zero-order valence-electron chi connectivity index (χ0n) is 17.9. The zero-order chi connectivity index (χ0) is 22.3. The van der Waals surface area contributed by atoms with Gasteiger partial charge in [0.25, 0.3) is 0 Å². The SMILES string of the molecule is COc1ccccc1OCCNC(=O)CS(=O)(=O)N1CCN(c2cccc(C)c2)CC1. The molecule has 0 unspecified atom stereocenters. The molecule has 0 aliphatic carbocycles. The number of hydrogen-bond donors (Lipinski definition) is 1. The van der Waals surface area contributed by atoms with E-state index in [1.165, 1.54) is 9.87 Å². The molecule has 2 aromatic carbocycles. The summed E-state index contributed by atoms with van der Waals surface area (Å²) in [6, 6.07) is 15.3. The number of para-hydroxylation sites is 2. The minimum atomic E-state index is -3.66. The second-order valence-corrected chi connectivity index (χ2v) is 9.30. The Morgan fingerprint density at radius 3 is 2.42 bits per heavy atom. The van der Waals surface area contributed by atoms with E-state index in [-0.39, 0.29) is 13.2 Å². The Labute approximate surface area is 183 Å². The lowest BCUT2D eigenvalue weighted by atomic mass is 10.2. The number of nitrogens with zero attached hydrogens (tertiary/aromatic N) is 2. The highest BCUT2D eigenvalue weighted by Gasteiger charge is 2.29. The summed E-state index contributed by atoms with van der Waals surface area (Å²) in [6.07, 6.45) is 0. The van der Waals surface area contributed by atoms with Crippen LogP contribution in [-0.4, -0.2) is 70.8 Å². The van der Waals surface area contributed by atoms with Gasteiger partial charge in [0, 0.05) is 31.9 Å². The number of piperazine rings is 1. The van der Waals surface area contributed by atoms with Crippen molar-refractivity contribution in [3.05, 3.63) is 54.1 Å². The molecule has 168 valence electrons. The van der Waals surface area contributed by atoms with E-state index in [2.05, 4.69) is 16.3 Å². The van der Waals surface area contributed by atoms with Crippen molar-refractivity contribution in [3.8, 4) is 11.5 Å². The first kappa shape index (κ1) is 22.9. The predicted molar refractivity (Wildman–Crippen MR) is 120 cm³/mol. The van der Waals surface area contributed by atoms with Crippen LogP contribution in [0.4, 0.5) is 5.69 Å². The lowest BCUT2D eigenvalue weighted by Crippen LogP contribution is -2.50. The molecule has 31 heavy (non-hydrogen) atoms. The molecule has 1 fully saturated rings. The number of aryl methyl sites for hydroxylation is 1. The third kappa shape index (κ3) is 6.35. The Kier molecular flexibility index (Phi) is 7.75. The van der Waals surface area contributed by atoms with Gasteiger partial charge in [-0.05, 0) is 36.8 Å². The van der Waals surface area contributed by atoms with E-state index in [0.29, 0.717) is 37.7 Å². The Hall–Kier alpha value is -2.78. The van der Waals surface area contributed by atoms with Gasteiger partial charge in [0.1, 0.15) is 12.4 Å². The fraction of sp³-hybridized carbons (Fsp3) is 0.409.